The van der Waals surface area contributed by atoms with E-state index in [0.717, 1.165) is 36.3 Å². The van der Waals surface area contributed by atoms with Crippen LogP contribution in [0.5, 0.6) is 0 Å². The third-order valence-electron chi connectivity index (χ3n) is 6.47. The molecule has 2 fully saturated rings. The number of aryl methyl sites for hydroxylation is 1. The van der Waals surface area contributed by atoms with Crippen LogP contribution in [0.1, 0.15) is 53.8 Å². The molecule has 1 heterocycles. The van der Waals surface area contributed by atoms with Gasteiger partial charge in [0.05, 0.1) is 5.92 Å². The minimum absolute atomic E-state index is 0.000509. The summed E-state index contributed by atoms with van der Waals surface area (Å²) >= 11 is 0. The van der Waals surface area contributed by atoms with Gasteiger partial charge < -0.3 is 9.30 Å². The zero-order valence-corrected chi connectivity index (χ0v) is 17.0. The summed E-state index contributed by atoms with van der Waals surface area (Å²) in [6.45, 7) is 3.61. The Labute approximate surface area is 171 Å². The molecule has 2 bridgehead atoms. The van der Waals surface area contributed by atoms with Gasteiger partial charge in [-0.15, -0.1) is 0 Å². The number of benzene rings is 1. The molecule has 2 aromatic rings. The van der Waals surface area contributed by atoms with E-state index in [1.165, 1.54) is 0 Å². The third kappa shape index (κ3) is 3.78. The smallest absolute Gasteiger partial charge is 0.309 e. The van der Waals surface area contributed by atoms with Crippen molar-refractivity contribution in [3.63, 3.8) is 0 Å². The van der Waals surface area contributed by atoms with E-state index >= 15 is 0 Å². The van der Waals surface area contributed by atoms with E-state index < -0.39 is 0 Å². The monoisotopic (exact) mass is 393 g/mol. The maximum Gasteiger partial charge on any atom is 0.309 e. The second-order valence-electron chi connectivity index (χ2n) is 8.38. The van der Waals surface area contributed by atoms with Crippen LogP contribution >= 0.6 is 0 Å². The van der Waals surface area contributed by atoms with E-state index in [-0.39, 0.29) is 36.1 Å². The largest absolute Gasteiger partial charge is 0.457 e. The van der Waals surface area contributed by atoms with Gasteiger partial charge in [0.2, 0.25) is 5.78 Å². The first-order valence-corrected chi connectivity index (χ1v) is 10.4. The Morgan fingerprint density at radius 3 is 2.38 bits per heavy atom. The van der Waals surface area contributed by atoms with Crippen LogP contribution in [0.3, 0.4) is 0 Å². The lowest BCUT2D eigenvalue weighted by Crippen LogP contribution is -2.39. The number of hydrogen-bond acceptors (Lipinski definition) is 4. The maximum atomic E-state index is 12.8. The Morgan fingerprint density at radius 1 is 1.07 bits per heavy atom. The molecule has 0 N–H and O–H groups in total. The van der Waals surface area contributed by atoms with E-state index in [1.54, 1.807) is 0 Å². The van der Waals surface area contributed by atoms with Crippen molar-refractivity contribution in [2.45, 2.75) is 46.0 Å². The second kappa shape index (κ2) is 7.97. The van der Waals surface area contributed by atoms with Crippen molar-refractivity contribution in [1.82, 2.24) is 4.57 Å². The summed E-state index contributed by atoms with van der Waals surface area (Å²) in [6.07, 6.45) is 3.97. The van der Waals surface area contributed by atoms with Crippen molar-refractivity contribution in [2.75, 3.05) is 6.61 Å². The predicted molar refractivity (Wildman–Crippen MR) is 109 cm³/mol. The third-order valence-corrected chi connectivity index (χ3v) is 6.47. The minimum atomic E-state index is -0.334. The van der Waals surface area contributed by atoms with Crippen LogP contribution in [0.25, 0.3) is 5.69 Å². The standard InChI is InChI=1S/C24H27NO4/c1-15-11-21(16(2)25(15)20-9-4-3-5-10-20)22(26)14-29-24(28)19-12-17-7-6-8-18(13-19)23(17)27/h3-5,9-11,17-19H,6-8,12-14H2,1-2H3/t17-,18-/m0/s1. The fraction of sp³-hybridized carbons (Fsp3) is 0.458. The molecule has 2 aliphatic rings. The van der Waals surface area contributed by atoms with Crippen LogP contribution in [-0.2, 0) is 14.3 Å². The topological polar surface area (TPSA) is 65.4 Å². The second-order valence-corrected chi connectivity index (χ2v) is 8.38. The van der Waals surface area contributed by atoms with Gasteiger partial charge in [0.25, 0.3) is 0 Å². The van der Waals surface area contributed by atoms with Gasteiger partial charge in [0, 0.05) is 34.5 Å². The molecular weight excluding hydrogens is 366 g/mol. The molecule has 1 aromatic carbocycles. The normalized spacial score (nSPS) is 23.7. The van der Waals surface area contributed by atoms with E-state index in [1.807, 2.05) is 54.8 Å². The summed E-state index contributed by atoms with van der Waals surface area (Å²) in [7, 11) is 0. The number of para-hydroxylation sites is 1. The van der Waals surface area contributed by atoms with Crippen LogP contribution in [0.2, 0.25) is 0 Å². The highest BCUT2D eigenvalue weighted by Crippen LogP contribution is 2.40. The minimum Gasteiger partial charge on any atom is -0.457 e. The molecule has 2 atom stereocenters. The van der Waals surface area contributed by atoms with E-state index in [9.17, 15) is 14.4 Å². The van der Waals surface area contributed by atoms with Crippen LogP contribution in [0.4, 0.5) is 0 Å². The Balaban J connectivity index is 1.41. The number of nitrogens with zero attached hydrogens (tertiary/aromatic N) is 1. The Hall–Kier alpha value is -2.69. The van der Waals surface area contributed by atoms with E-state index in [4.69, 9.17) is 4.74 Å². The SMILES string of the molecule is Cc1cc(C(=O)COC(=O)C2C[C@@H]3CCC[C@@H](C2)C3=O)c(C)n1-c1ccccc1. The van der Waals surface area contributed by atoms with Crippen molar-refractivity contribution in [2.24, 2.45) is 17.8 Å². The van der Waals surface area contributed by atoms with Crippen LogP contribution in [0, 0.1) is 31.6 Å². The summed E-state index contributed by atoms with van der Waals surface area (Å²) in [5.41, 5.74) is 3.38. The number of fused-ring (bicyclic) bond motifs is 2. The lowest BCUT2D eigenvalue weighted by Gasteiger charge is -2.36. The molecule has 0 amide bonds. The molecule has 2 saturated carbocycles. The molecule has 5 nitrogen and oxygen atoms in total. The van der Waals surface area contributed by atoms with Crippen molar-refractivity contribution >= 4 is 17.5 Å². The van der Waals surface area contributed by atoms with Gasteiger partial charge in [0.1, 0.15) is 5.78 Å². The lowest BCUT2D eigenvalue weighted by atomic mass is 9.67. The number of ether oxygens (including phenoxy) is 1. The molecule has 29 heavy (non-hydrogen) atoms. The van der Waals surface area contributed by atoms with Crippen molar-refractivity contribution < 1.29 is 19.1 Å². The first kappa shape index (κ1) is 19.6. The molecule has 152 valence electrons. The fourth-order valence-electron chi connectivity index (χ4n) is 5.02. The van der Waals surface area contributed by atoms with Gasteiger partial charge in [-0.2, -0.15) is 0 Å². The highest BCUT2D eigenvalue weighted by atomic mass is 16.5. The highest BCUT2D eigenvalue weighted by Gasteiger charge is 2.41. The molecule has 4 rings (SSSR count). The molecule has 0 saturated heterocycles. The number of carbonyl (C=O) groups is 3. The van der Waals surface area contributed by atoms with E-state index in [0.29, 0.717) is 24.2 Å². The number of aromatic nitrogens is 1. The van der Waals surface area contributed by atoms with Crippen molar-refractivity contribution in [3.05, 3.63) is 53.3 Å². The molecule has 0 aliphatic heterocycles. The van der Waals surface area contributed by atoms with Crippen LogP contribution < -0.4 is 0 Å². The first-order valence-electron chi connectivity index (χ1n) is 10.4. The molecule has 0 radical (unpaired) electrons. The van der Waals surface area contributed by atoms with Crippen molar-refractivity contribution in [3.8, 4) is 5.69 Å². The maximum absolute atomic E-state index is 12.8. The number of carbonyl (C=O) groups excluding carboxylic acids is 3. The highest BCUT2D eigenvalue weighted by molar-refractivity contribution is 5.99. The molecular formula is C24H27NO4. The van der Waals surface area contributed by atoms with Crippen molar-refractivity contribution in [1.29, 1.82) is 0 Å². The number of ketones is 2. The number of hydrogen-bond donors (Lipinski definition) is 0. The van der Waals surface area contributed by atoms with Gasteiger partial charge in [0.15, 0.2) is 6.61 Å². The fourth-order valence-corrected chi connectivity index (χ4v) is 5.02. The summed E-state index contributed by atoms with van der Waals surface area (Å²) < 4.78 is 7.43. The summed E-state index contributed by atoms with van der Waals surface area (Å²) in [6, 6.07) is 11.7. The predicted octanol–water partition coefficient (Wildman–Crippen LogP) is 4.22. The number of rotatable bonds is 5. The Kier molecular flexibility index (Phi) is 5.39. The molecule has 0 unspecified atom stereocenters. The quantitative estimate of drug-likeness (QED) is 0.564. The van der Waals surface area contributed by atoms with Gasteiger partial charge in [-0.05, 0) is 57.7 Å². The average molecular weight is 393 g/mol. The van der Waals surface area contributed by atoms with Gasteiger partial charge in [-0.3, -0.25) is 14.4 Å². The Bertz CT molecular complexity index is 927. The molecule has 0 spiro atoms. The summed E-state index contributed by atoms with van der Waals surface area (Å²) in [5, 5.41) is 0. The summed E-state index contributed by atoms with van der Waals surface area (Å²) in [5.74, 6) is -0.460. The first-order chi connectivity index (χ1) is 14.0. The van der Waals surface area contributed by atoms with Gasteiger partial charge in [-0.1, -0.05) is 24.6 Å². The molecule has 2 aliphatic carbocycles. The van der Waals surface area contributed by atoms with E-state index in [2.05, 4.69) is 0 Å². The zero-order chi connectivity index (χ0) is 20.5. The average Bonchev–Trinajstić information content (AvgIpc) is 3.00. The van der Waals surface area contributed by atoms with Gasteiger partial charge >= 0.3 is 5.97 Å². The lowest BCUT2D eigenvalue weighted by molar-refractivity contribution is -0.152. The number of Topliss-reactive ketones (excluding diaryl/α,β-unsaturated/α-hetero) is 2. The Morgan fingerprint density at radius 2 is 1.72 bits per heavy atom. The summed E-state index contributed by atoms with van der Waals surface area (Å²) in [4.78, 5) is 37.5. The molecule has 5 heteroatoms. The van der Waals surface area contributed by atoms with Crippen LogP contribution in [-0.4, -0.2) is 28.7 Å². The zero-order valence-electron chi connectivity index (χ0n) is 17.0. The van der Waals surface area contributed by atoms with Crippen LogP contribution in [0.15, 0.2) is 36.4 Å². The van der Waals surface area contributed by atoms with Gasteiger partial charge in [-0.25, -0.2) is 0 Å². The number of esters is 1. The molecule has 1 aromatic heterocycles.